The number of nitrogens with one attached hydrogen (secondary N) is 1. The third kappa shape index (κ3) is 5.00. The first kappa shape index (κ1) is 8.14. The molecule has 0 aliphatic carbocycles. The Balaban J connectivity index is 4.32. The van der Waals surface area contributed by atoms with Crippen LogP contribution in [0.4, 0.5) is 0 Å². The molecule has 0 bridgehead atoms. The van der Waals surface area contributed by atoms with Crippen molar-refractivity contribution in [1.82, 2.24) is 5.43 Å². The second kappa shape index (κ2) is 2.62. The number of hydrogen-bond acceptors (Lipinski definition) is 3. The molecule has 0 saturated heterocycles. The molecular weight excluding hydrogens is 148 g/mol. The Morgan fingerprint density at radius 3 is 2.22 bits per heavy atom. The number of hydrogen-bond donors (Lipinski definition) is 4. The Morgan fingerprint density at radius 1 is 1.67 bits per heavy atom. The van der Waals surface area contributed by atoms with Gasteiger partial charge in [0, 0.05) is 0 Å². The molecule has 0 fully saturated rings. The van der Waals surface area contributed by atoms with Crippen LogP contribution in [-0.4, -0.2) is 18.9 Å². The maximum atomic E-state index is 9.79. The average molecular weight is 154 g/mol. The minimum absolute atomic E-state index is 0.572. The lowest BCUT2D eigenvalue weighted by molar-refractivity contribution is 0.485. The third-order valence-corrected chi connectivity index (χ3v) is 0.789. The fraction of sp³-hybridized carbons (Fsp3) is 0. The van der Waals surface area contributed by atoms with E-state index in [1.807, 2.05) is 0 Å². The summed E-state index contributed by atoms with van der Waals surface area (Å²) in [4.78, 5) is 0. The Hall–Kier alpha value is -0.860. The predicted molar refractivity (Wildman–Crippen MR) is 30.5 cm³/mol. The lowest BCUT2D eigenvalue weighted by atomic mass is 11.1. The Bertz CT molecular complexity index is 204. The molecule has 0 radical (unpaired) electrons. The summed E-state index contributed by atoms with van der Waals surface area (Å²) in [6.45, 7) is 0. The average Bonchev–Trinajstić information content (AvgIpc) is 1.62. The fourth-order valence-corrected chi connectivity index (χ4v) is 0.452. The zero-order valence-corrected chi connectivity index (χ0v) is 5.09. The molecule has 9 heavy (non-hydrogen) atoms. The SMILES string of the molecule is NNC(N)=NS(=O)(=O)O. The van der Waals surface area contributed by atoms with Crippen LogP contribution in [0.2, 0.25) is 0 Å². The van der Waals surface area contributed by atoms with E-state index in [1.54, 1.807) is 5.43 Å². The number of hydrazine groups is 1. The second-order valence-corrected chi connectivity index (χ2v) is 2.15. The highest BCUT2D eigenvalue weighted by molar-refractivity contribution is 7.84. The summed E-state index contributed by atoms with van der Waals surface area (Å²) in [5, 5.41) is 0. The molecule has 8 heteroatoms. The Kier molecular flexibility index (Phi) is 2.37. The zero-order chi connectivity index (χ0) is 7.49. The maximum absolute atomic E-state index is 9.79. The minimum Gasteiger partial charge on any atom is -0.368 e. The predicted octanol–water partition coefficient (Wildman–Crippen LogP) is -2.43. The molecule has 0 unspecified atom stereocenters. The van der Waals surface area contributed by atoms with E-state index in [9.17, 15) is 8.42 Å². The van der Waals surface area contributed by atoms with Crippen LogP contribution in [-0.2, 0) is 10.3 Å². The summed E-state index contributed by atoms with van der Waals surface area (Å²) in [6.07, 6.45) is 0. The van der Waals surface area contributed by atoms with Crippen LogP contribution in [0.3, 0.4) is 0 Å². The molecule has 0 heterocycles. The van der Waals surface area contributed by atoms with Gasteiger partial charge in [-0.15, -0.1) is 4.40 Å². The zero-order valence-electron chi connectivity index (χ0n) is 4.27. The first-order valence-electron chi connectivity index (χ1n) is 1.75. The van der Waals surface area contributed by atoms with Crippen LogP contribution in [0.1, 0.15) is 0 Å². The lowest BCUT2D eigenvalue weighted by Crippen LogP contribution is -2.37. The molecule has 7 nitrogen and oxygen atoms in total. The normalized spacial score (nSPS) is 13.3. The van der Waals surface area contributed by atoms with Gasteiger partial charge >= 0.3 is 10.3 Å². The number of rotatable bonds is 1. The minimum atomic E-state index is -4.41. The second-order valence-electron chi connectivity index (χ2n) is 1.07. The number of nitrogens with two attached hydrogens (primary N) is 2. The largest absolute Gasteiger partial charge is 0.381 e. The standard InChI is InChI=1S/CH6N4O3S/c2-1(4-3)5-9(6,7)8/h3H2,(H3,2,4,5)(H,6,7,8). The van der Waals surface area contributed by atoms with Crippen LogP contribution in [0.5, 0.6) is 0 Å². The molecule has 0 aliphatic heterocycles. The summed E-state index contributed by atoms with van der Waals surface area (Å²) < 4.78 is 30.0. The first-order chi connectivity index (χ1) is 3.95. The van der Waals surface area contributed by atoms with Gasteiger partial charge < -0.3 is 5.73 Å². The third-order valence-electron chi connectivity index (χ3n) is 0.362. The van der Waals surface area contributed by atoms with Crippen molar-refractivity contribution in [1.29, 1.82) is 0 Å². The molecule has 0 aromatic heterocycles. The van der Waals surface area contributed by atoms with E-state index >= 15 is 0 Å². The van der Waals surface area contributed by atoms with Crippen LogP contribution in [0.15, 0.2) is 4.40 Å². The lowest BCUT2D eigenvalue weighted by Gasteiger charge is -1.92. The highest BCUT2D eigenvalue weighted by atomic mass is 32.2. The van der Waals surface area contributed by atoms with Crippen molar-refractivity contribution in [3.63, 3.8) is 0 Å². The number of nitrogens with zero attached hydrogens (tertiary/aromatic N) is 1. The van der Waals surface area contributed by atoms with Crippen molar-refractivity contribution in [2.45, 2.75) is 0 Å². The molecule has 0 amide bonds. The van der Waals surface area contributed by atoms with E-state index in [2.05, 4.69) is 10.2 Å². The molecule has 6 N–H and O–H groups in total. The topological polar surface area (TPSA) is 131 Å². The fourth-order valence-electron chi connectivity index (χ4n) is 0.151. The molecule has 0 aliphatic rings. The molecule has 0 aromatic rings. The van der Waals surface area contributed by atoms with Crippen molar-refractivity contribution >= 4 is 16.3 Å². The highest BCUT2D eigenvalue weighted by Gasteiger charge is 1.98. The summed E-state index contributed by atoms with van der Waals surface area (Å²) >= 11 is 0. The van der Waals surface area contributed by atoms with E-state index in [0.29, 0.717) is 0 Å². The van der Waals surface area contributed by atoms with Gasteiger partial charge in [-0.05, 0) is 0 Å². The van der Waals surface area contributed by atoms with Gasteiger partial charge in [0.1, 0.15) is 0 Å². The molecule has 0 atom stereocenters. The quantitative estimate of drug-likeness (QED) is 0.109. The highest BCUT2D eigenvalue weighted by Crippen LogP contribution is 1.79. The van der Waals surface area contributed by atoms with Crippen molar-refractivity contribution in [3.8, 4) is 0 Å². The van der Waals surface area contributed by atoms with Crippen molar-refractivity contribution in [3.05, 3.63) is 0 Å². The van der Waals surface area contributed by atoms with Crippen molar-refractivity contribution in [2.24, 2.45) is 16.0 Å². The van der Waals surface area contributed by atoms with Gasteiger partial charge in [0.2, 0.25) is 5.96 Å². The van der Waals surface area contributed by atoms with Gasteiger partial charge in [-0.2, -0.15) is 8.42 Å². The Labute approximate surface area is 51.6 Å². The monoisotopic (exact) mass is 154 g/mol. The van der Waals surface area contributed by atoms with E-state index < -0.39 is 16.3 Å². The Morgan fingerprint density at radius 2 is 2.11 bits per heavy atom. The summed E-state index contributed by atoms with van der Waals surface area (Å²) in [7, 11) is -4.41. The van der Waals surface area contributed by atoms with Crippen molar-refractivity contribution < 1.29 is 13.0 Å². The molecule has 54 valence electrons. The van der Waals surface area contributed by atoms with Gasteiger partial charge in [0.25, 0.3) is 0 Å². The van der Waals surface area contributed by atoms with Gasteiger partial charge in [-0.1, -0.05) is 0 Å². The smallest absolute Gasteiger partial charge is 0.368 e. The first-order valence-corrected chi connectivity index (χ1v) is 3.15. The molecule has 0 spiro atoms. The number of guanidine groups is 1. The molecular formula is CH6N4O3S. The maximum Gasteiger partial charge on any atom is 0.381 e. The van der Waals surface area contributed by atoms with Crippen molar-refractivity contribution in [2.75, 3.05) is 0 Å². The summed E-state index contributed by atoms with van der Waals surface area (Å²) in [5.41, 5.74) is 6.44. The van der Waals surface area contributed by atoms with Gasteiger partial charge in [-0.25, -0.2) is 5.84 Å². The van der Waals surface area contributed by atoms with Crippen LogP contribution in [0, 0.1) is 0 Å². The van der Waals surface area contributed by atoms with Gasteiger partial charge in [0.05, 0.1) is 0 Å². The molecule has 0 rings (SSSR count). The van der Waals surface area contributed by atoms with E-state index in [4.69, 9.17) is 10.3 Å². The van der Waals surface area contributed by atoms with Gasteiger partial charge in [0.15, 0.2) is 0 Å². The van der Waals surface area contributed by atoms with E-state index in [1.165, 1.54) is 0 Å². The van der Waals surface area contributed by atoms with Gasteiger partial charge in [-0.3, -0.25) is 9.98 Å². The van der Waals surface area contributed by atoms with E-state index in [-0.39, 0.29) is 0 Å². The summed E-state index contributed by atoms with van der Waals surface area (Å²) in [6, 6.07) is 0. The molecule has 0 aromatic carbocycles. The van der Waals surface area contributed by atoms with Crippen LogP contribution in [0.25, 0.3) is 0 Å². The summed E-state index contributed by atoms with van der Waals surface area (Å²) in [5.74, 6) is 4.03. The van der Waals surface area contributed by atoms with E-state index in [0.717, 1.165) is 0 Å². The van der Waals surface area contributed by atoms with Crippen LogP contribution < -0.4 is 17.0 Å². The molecule has 0 saturated carbocycles. The van der Waals surface area contributed by atoms with Crippen LogP contribution >= 0.6 is 0 Å².